The summed E-state index contributed by atoms with van der Waals surface area (Å²) >= 11 is 0. The SMILES string of the molecule is Cc1ccc(NS(=O)(=O)c2cc(N)c(F)cc2C)c(F)c1. The van der Waals surface area contributed by atoms with Crippen molar-refractivity contribution in [1.82, 2.24) is 0 Å². The predicted molar refractivity (Wildman–Crippen MR) is 77.5 cm³/mol. The highest BCUT2D eigenvalue weighted by molar-refractivity contribution is 7.92. The van der Waals surface area contributed by atoms with Crippen LogP contribution in [0.4, 0.5) is 20.2 Å². The molecule has 0 fully saturated rings. The molecule has 0 amide bonds. The highest BCUT2D eigenvalue weighted by Crippen LogP contribution is 2.25. The molecule has 0 aromatic heterocycles. The monoisotopic (exact) mass is 312 g/mol. The average molecular weight is 312 g/mol. The molecule has 0 aliphatic heterocycles. The van der Waals surface area contributed by atoms with Crippen molar-refractivity contribution in [1.29, 1.82) is 0 Å². The fraction of sp³-hybridized carbons (Fsp3) is 0.143. The number of nitrogen functional groups attached to an aromatic ring is 1. The maximum absolute atomic E-state index is 13.7. The minimum atomic E-state index is -4.06. The predicted octanol–water partition coefficient (Wildman–Crippen LogP) is 2.96. The summed E-state index contributed by atoms with van der Waals surface area (Å²) in [4.78, 5) is -0.193. The van der Waals surface area contributed by atoms with E-state index in [0.29, 0.717) is 5.56 Å². The molecular weight excluding hydrogens is 298 g/mol. The van der Waals surface area contributed by atoms with E-state index in [-0.39, 0.29) is 21.8 Å². The van der Waals surface area contributed by atoms with Crippen molar-refractivity contribution in [2.24, 2.45) is 0 Å². The molecule has 0 aliphatic carbocycles. The van der Waals surface area contributed by atoms with Crippen LogP contribution in [0.1, 0.15) is 11.1 Å². The van der Waals surface area contributed by atoms with Crippen LogP contribution in [0.25, 0.3) is 0 Å². The number of sulfonamides is 1. The second-order valence-corrected chi connectivity index (χ2v) is 6.38. The van der Waals surface area contributed by atoms with Crippen LogP contribution in [0.3, 0.4) is 0 Å². The molecule has 0 saturated heterocycles. The zero-order valence-corrected chi connectivity index (χ0v) is 12.3. The molecule has 0 aliphatic rings. The summed E-state index contributed by atoms with van der Waals surface area (Å²) in [6, 6.07) is 6.15. The fourth-order valence-electron chi connectivity index (χ4n) is 1.86. The van der Waals surface area contributed by atoms with E-state index >= 15 is 0 Å². The zero-order valence-electron chi connectivity index (χ0n) is 11.4. The van der Waals surface area contributed by atoms with E-state index in [1.165, 1.54) is 19.1 Å². The van der Waals surface area contributed by atoms with Crippen LogP contribution >= 0.6 is 0 Å². The van der Waals surface area contributed by atoms with Crippen LogP contribution in [-0.2, 0) is 10.0 Å². The number of benzene rings is 2. The Kier molecular flexibility index (Phi) is 3.87. The lowest BCUT2D eigenvalue weighted by Crippen LogP contribution is -2.16. The Morgan fingerprint density at radius 2 is 1.71 bits per heavy atom. The van der Waals surface area contributed by atoms with Gasteiger partial charge in [0.15, 0.2) is 0 Å². The molecule has 4 nitrogen and oxygen atoms in total. The van der Waals surface area contributed by atoms with Crippen LogP contribution in [0, 0.1) is 25.5 Å². The molecular formula is C14H14F2N2O2S. The molecule has 0 unspecified atom stereocenters. The highest BCUT2D eigenvalue weighted by atomic mass is 32.2. The van der Waals surface area contributed by atoms with Crippen molar-refractivity contribution in [2.75, 3.05) is 10.5 Å². The third-order valence-corrected chi connectivity index (χ3v) is 4.46. The van der Waals surface area contributed by atoms with Gasteiger partial charge in [0.2, 0.25) is 0 Å². The lowest BCUT2D eigenvalue weighted by molar-refractivity contribution is 0.596. The van der Waals surface area contributed by atoms with E-state index in [4.69, 9.17) is 5.73 Å². The van der Waals surface area contributed by atoms with Gasteiger partial charge in [-0.2, -0.15) is 0 Å². The van der Waals surface area contributed by atoms with Crippen molar-refractivity contribution in [3.63, 3.8) is 0 Å². The quantitative estimate of drug-likeness (QED) is 0.856. The van der Waals surface area contributed by atoms with Crippen molar-refractivity contribution in [3.8, 4) is 0 Å². The smallest absolute Gasteiger partial charge is 0.262 e. The normalized spacial score (nSPS) is 11.4. The Hall–Kier alpha value is -2.15. The number of hydrogen-bond acceptors (Lipinski definition) is 3. The number of nitrogens with one attached hydrogen (secondary N) is 1. The Morgan fingerprint density at radius 1 is 1.05 bits per heavy atom. The van der Waals surface area contributed by atoms with E-state index in [0.717, 1.165) is 12.1 Å². The maximum Gasteiger partial charge on any atom is 0.262 e. The molecule has 0 saturated carbocycles. The molecule has 112 valence electrons. The number of halogens is 2. The van der Waals surface area contributed by atoms with Gasteiger partial charge in [0, 0.05) is 0 Å². The Bertz CT molecular complexity index is 805. The molecule has 0 bridgehead atoms. The Morgan fingerprint density at radius 3 is 2.33 bits per heavy atom. The fourth-order valence-corrected chi connectivity index (χ4v) is 3.19. The molecule has 2 aromatic rings. The number of aryl methyl sites for hydroxylation is 2. The van der Waals surface area contributed by atoms with Crippen molar-refractivity contribution in [2.45, 2.75) is 18.7 Å². The van der Waals surface area contributed by atoms with Crippen LogP contribution in [-0.4, -0.2) is 8.42 Å². The number of anilines is 2. The Labute approximate surface area is 121 Å². The van der Waals surface area contributed by atoms with E-state index in [2.05, 4.69) is 4.72 Å². The van der Waals surface area contributed by atoms with Crippen LogP contribution in [0.15, 0.2) is 35.2 Å². The van der Waals surface area contributed by atoms with Gasteiger partial charge in [-0.1, -0.05) is 6.07 Å². The summed E-state index contributed by atoms with van der Waals surface area (Å²) in [5.74, 6) is -1.39. The summed E-state index contributed by atoms with van der Waals surface area (Å²) in [5.41, 5.74) is 5.77. The largest absolute Gasteiger partial charge is 0.396 e. The summed E-state index contributed by atoms with van der Waals surface area (Å²) in [5, 5.41) is 0. The minimum Gasteiger partial charge on any atom is -0.396 e. The summed E-state index contributed by atoms with van der Waals surface area (Å²) in [7, 11) is -4.06. The van der Waals surface area contributed by atoms with Gasteiger partial charge in [-0.15, -0.1) is 0 Å². The first-order valence-corrected chi connectivity index (χ1v) is 7.53. The van der Waals surface area contributed by atoms with Gasteiger partial charge >= 0.3 is 0 Å². The van der Waals surface area contributed by atoms with Gasteiger partial charge in [-0.3, -0.25) is 4.72 Å². The zero-order chi connectivity index (χ0) is 15.8. The molecule has 7 heteroatoms. The first-order chi connectivity index (χ1) is 9.70. The van der Waals surface area contributed by atoms with E-state index < -0.39 is 21.7 Å². The molecule has 2 aromatic carbocycles. The molecule has 2 rings (SSSR count). The summed E-state index contributed by atoms with van der Waals surface area (Å²) < 4.78 is 53.7. The standard InChI is InChI=1S/C14H14F2N2O2S/c1-8-3-4-13(11(16)5-8)18-21(19,20)14-7-12(17)10(15)6-9(14)2/h3-7,18H,17H2,1-2H3. The van der Waals surface area contributed by atoms with Crippen molar-refractivity contribution in [3.05, 3.63) is 53.1 Å². The third kappa shape index (κ3) is 3.13. The van der Waals surface area contributed by atoms with Crippen LogP contribution in [0.5, 0.6) is 0 Å². The first-order valence-electron chi connectivity index (χ1n) is 6.05. The molecule has 0 atom stereocenters. The minimum absolute atomic E-state index is 0.178. The number of hydrogen-bond donors (Lipinski definition) is 2. The van der Waals surface area contributed by atoms with Gasteiger partial charge in [0.25, 0.3) is 10.0 Å². The molecule has 0 radical (unpaired) electrons. The number of rotatable bonds is 3. The van der Waals surface area contributed by atoms with E-state index in [9.17, 15) is 17.2 Å². The molecule has 21 heavy (non-hydrogen) atoms. The molecule has 3 N–H and O–H groups in total. The molecule has 0 spiro atoms. The van der Waals surface area contributed by atoms with Crippen molar-refractivity contribution < 1.29 is 17.2 Å². The van der Waals surface area contributed by atoms with Crippen LogP contribution < -0.4 is 10.5 Å². The lowest BCUT2D eigenvalue weighted by Gasteiger charge is -2.12. The van der Waals surface area contributed by atoms with Crippen molar-refractivity contribution >= 4 is 21.4 Å². The van der Waals surface area contributed by atoms with Gasteiger partial charge in [0.05, 0.1) is 16.3 Å². The second kappa shape index (κ2) is 5.33. The Balaban J connectivity index is 2.46. The van der Waals surface area contributed by atoms with Crippen LogP contribution in [0.2, 0.25) is 0 Å². The van der Waals surface area contributed by atoms with E-state index in [1.54, 1.807) is 13.0 Å². The van der Waals surface area contributed by atoms with E-state index in [1.807, 2.05) is 0 Å². The highest BCUT2D eigenvalue weighted by Gasteiger charge is 2.20. The van der Waals surface area contributed by atoms with Gasteiger partial charge in [-0.05, 0) is 49.2 Å². The van der Waals surface area contributed by atoms with Gasteiger partial charge in [0.1, 0.15) is 11.6 Å². The topological polar surface area (TPSA) is 72.2 Å². The average Bonchev–Trinajstić information content (AvgIpc) is 2.37. The first kappa shape index (κ1) is 15.2. The second-order valence-electron chi connectivity index (χ2n) is 4.73. The molecule has 0 heterocycles. The maximum atomic E-state index is 13.7. The lowest BCUT2D eigenvalue weighted by atomic mass is 10.2. The number of nitrogens with two attached hydrogens (primary N) is 1. The third-order valence-electron chi connectivity index (χ3n) is 2.95. The van der Waals surface area contributed by atoms with Gasteiger partial charge < -0.3 is 5.73 Å². The summed E-state index contributed by atoms with van der Waals surface area (Å²) in [6.07, 6.45) is 0. The van der Waals surface area contributed by atoms with Gasteiger partial charge in [-0.25, -0.2) is 17.2 Å². The summed E-state index contributed by atoms with van der Waals surface area (Å²) in [6.45, 7) is 3.12.